The van der Waals surface area contributed by atoms with Crippen LogP contribution in [0.2, 0.25) is 5.02 Å². The van der Waals surface area contributed by atoms with Crippen molar-refractivity contribution in [2.24, 2.45) is 0 Å². The van der Waals surface area contributed by atoms with E-state index in [1.54, 1.807) is 11.8 Å². The Morgan fingerprint density at radius 1 is 1.29 bits per heavy atom. The fourth-order valence-electron chi connectivity index (χ4n) is 2.54. The predicted octanol–water partition coefficient (Wildman–Crippen LogP) is 4.21. The summed E-state index contributed by atoms with van der Waals surface area (Å²) in [6, 6.07) is 8.25. The van der Waals surface area contributed by atoms with Crippen molar-refractivity contribution in [3.8, 4) is 0 Å². The van der Waals surface area contributed by atoms with Crippen molar-refractivity contribution in [3.05, 3.63) is 34.9 Å². The van der Waals surface area contributed by atoms with E-state index in [9.17, 15) is 4.79 Å². The smallest absolute Gasteiger partial charge is 0.315 e. The van der Waals surface area contributed by atoms with Gasteiger partial charge in [-0.15, -0.1) is 0 Å². The van der Waals surface area contributed by atoms with Crippen LogP contribution in [0.3, 0.4) is 0 Å². The molecule has 1 aliphatic carbocycles. The molecular weight excluding hydrogens is 304 g/mol. The Morgan fingerprint density at radius 3 is 2.86 bits per heavy atom. The third-order valence-corrected chi connectivity index (χ3v) is 4.90. The molecule has 1 aromatic rings. The largest absolute Gasteiger partial charge is 0.337 e. The first kappa shape index (κ1) is 16.5. The number of hydrogen-bond donors (Lipinski definition) is 2. The third-order valence-electron chi connectivity index (χ3n) is 3.63. The second-order valence-electron chi connectivity index (χ2n) is 5.42. The minimum absolute atomic E-state index is 0.0229. The number of thioether (sulfide) groups is 1. The molecule has 0 heterocycles. The van der Waals surface area contributed by atoms with Crippen LogP contribution in [0.25, 0.3) is 0 Å². The highest BCUT2D eigenvalue weighted by molar-refractivity contribution is 7.98. The second-order valence-corrected chi connectivity index (χ2v) is 6.96. The average molecular weight is 327 g/mol. The molecule has 2 N–H and O–H groups in total. The summed E-state index contributed by atoms with van der Waals surface area (Å²) in [6.07, 6.45) is 6.02. The van der Waals surface area contributed by atoms with Gasteiger partial charge in [-0.2, -0.15) is 11.8 Å². The number of benzene rings is 1. The molecule has 21 heavy (non-hydrogen) atoms. The van der Waals surface area contributed by atoms with E-state index in [2.05, 4.69) is 16.7 Å². The standard InChI is InChI=1S/C16H23ClN2OS/c17-14-6-4-5-13(11-14)12-21-10-9-18-16(20)19-15-7-2-1-3-8-15/h4-6,11,15H,1-3,7-10,12H2,(H2,18,19,20). The second kappa shape index (κ2) is 9.21. The van der Waals surface area contributed by atoms with Crippen LogP contribution in [-0.4, -0.2) is 24.4 Å². The molecule has 0 atom stereocenters. The van der Waals surface area contributed by atoms with Crippen LogP contribution in [0.1, 0.15) is 37.7 Å². The molecule has 0 bridgehead atoms. The molecule has 0 radical (unpaired) electrons. The first-order chi connectivity index (χ1) is 10.2. The third kappa shape index (κ3) is 6.62. The minimum atomic E-state index is -0.0229. The van der Waals surface area contributed by atoms with E-state index in [0.29, 0.717) is 12.6 Å². The Kier molecular flexibility index (Phi) is 7.24. The number of carbonyl (C=O) groups is 1. The molecule has 0 spiro atoms. The molecule has 0 saturated heterocycles. The highest BCUT2D eigenvalue weighted by Gasteiger charge is 2.14. The maximum absolute atomic E-state index is 11.7. The summed E-state index contributed by atoms with van der Waals surface area (Å²) in [7, 11) is 0. The molecule has 1 aromatic carbocycles. The van der Waals surface area contributed by atoms with Crippen molar-refractivity contribution in [3.63, 3.8) is 0 Å². The van der Waals surface area contributed by atoms with Gasteiger partial charge >= 0.3 is 6.03 Å². The maximum atomic E-state index is 11.7. The topological polar surface area (TPSA) is 41.1 Å². The SMILES string of the molecule is O=C(NCCSCc1cccc(Cl)c1)NC1CCCCC1. The van der Waals surface area contributed by atoms with E-state index >= 15 is 0 Å². The summed E-state index contributed by atoms with van der Waals surface area (Å²) in [5.74, 6) is 1.83. The van der Waals surface area contributed by atoms with Gasteiger partial charge in [-0.25, -0.2) is 4.79 Å². The van der Waals surface area contributed by atoms with E-state index in [4.69, 9.17) is 11.6 Å². The molecule has 0 aromatic heterocycles. The van der Waals surface area contributed by atoms with Gasteiger partial charge in [-0.05, 0) is 30.5 Å². The van der Waals surface area contributed by atoms with Crippen molar-refractivity contribution in [2.75, 3.05) is 12.3 Å². The van der Waals surface area contributed by atoms with Gasteiger partial charge < -0.3 is 10.6 Å². The quantitative estimate of drug-likeness (QED) is 0.769. The lowest BCUT2D eigenvalue weighted by Crippen LogP contribution is -2.43. The van der Waals surface area contributed by atoms with Crippen molar-refractivity contribution >= 4 is 29.4 Å². The summed E-state index contributed by atoms with van der Waals surface area (Å²) in [5, 5.41) is 6.76. The zero-order valence-electron chi connectivity index (χ0n) is 12.2. The lowest BCUT2D eigenvalue weighted by atomic mass is 9.96. The van der Waals surface area contributed by atoms with E-state index < -0.39 is 0 Å². The highest BCUT2D eigenvalue weighted by Crippen LogP contribution is 2.17. The first-order valence-electron chi connectivity index (χ1n) is 7.60. The molecule has 1 fully saturated rings. The van der Waals surface area contributed by atoms with Crippen LogP contribution >= 0.6 is 23.4 Å². The van der Waals surface area contributed by atoms with E-state index in [1.807, 2.05) is 18.2 Å². The van der Waals surface area contributed by atoms with Crippen molar-refractivity contribution < 1.29 is 4.79 Å². The fourth-order valence-corrected chi connectivity index (χ4v) is 3.56. The van der Waals surface area contributed by atoms with Crippen LogP contribution in [0.15, 0.2) is 24.3 Å². The molecule has 0 aliphatic heterocycles. The first-order valence-corrected chi connectivity index (χ1v) is 9.14. The minimum Gasteiger partial charge on any atom is -0.337 e. The zero-order chi connectivity index (χ0) is 14.9. The van der Waals surface area contributed by atoms with Gasteiger partial charge in [0.25, 0.3) is 0 Å². The van der Waals surface area contributed by atoms with Crippen LogP contribution in [0, 0.1) is 0 Å². The van der Waals surface area contributed by atoms with Gasteiger partial charge in [0.2, 0.25) is 0 Å². The number of urea groups is 1. The normalized spacial score (nSPS) is 15.7. The zero-order valence-corrected chi connectivity index (χ0v) is 13.8. The van der Waals surface area contributed by atoms with Crippen molar-refractivity contribution in [1.82, 2.24) is 10.6 Å². The molecule has 2 amide bonds. The molecule has 5 heteroatoms. The summed E-state index contributed by atoms with van der Waals surface area (Å²) in [6.45, 7) is 0.698. The maximum Gasteiger partial charge on any atom is 0.315 e. The van der Waals surface area contributed by atoms with Gasteiger partial charge in [-0.1, -0.05) is 43.0 Å². The van der Waals surface area contributed by atoms with Gasteiger partial charge in [0.05, 0.1) is 0 Å². The van der Waals surface area contributed by atoms with Crippen LogP contribution in [0.4, 0.5) is 4.79 Å². The Morgan fingerprint density at radius 2 is 2.10 bits per heavy atom. The Bertz CT molecular complexity index is 450. The summed E-state index contributed by atoms with van der Waals surface area (Å²) >= 11 is 7.75. The van der Waals surface area contributed by atoms with Gasteiger partial charge in [-0.3, -0.25) is 0 Å². The lowest BCUT2D eigenvalue weighted by Gasteiger charge is -2.22. The van der Waals surface area contributed by atoms with Gasteiger partial charge in [0.1, 0.15) is 0 Å². The molecule has 1 saturated carbocycles. The molecule has 0 unspecified atom stereocenters. The van der Waals surface area contributed by atoms with Crippen molar-refractivity contribution in [2.45, 2.75) is 43.9 Å². The van der Waals surface area contributed by atoms with Crippen molar-refractivity contribution in [1.29, 1.82) is 0 Å². The van der Waals surface area contributed by atoms with Crippen LogP contribution < -0.4 is 10.6 Å². The van der Waals surface area contributed by atoms with Gasteiger partial charge in [0, 0.05) is 29.1 Å². The van der Waals surface area contributed by atoms with E-state index in [0.717, 1.165) is 29.4 Å². The number of rotatable bonds is 6. The van der Waals surface area contributed by atoms with E-state index in [1.165, 1.54) is 24.8 Å². The molecule has 1 aliphatic rings. The molecule has 2 rings (SSSR count). The Hall–Kier alpha value is -0.870. The number of hydrogen-bond acceptors (Lipinski definition) is 2. The summed E-state index contributed by atoms with van der Waals surface area (Å²) in [5.41, 5.74) is 1.22. The van der Waals surface area contributed by atoms with Crippen LogP contribution in [0.5, 0.6) is 0 Å². The summed E-state index contributed by atoms with van der Waals surface area (Å²) in [4.78, 5) is 11.7. The molecule has 116 valence electrons. The van der Waals surface area contributed by atoms with E-state index in [-0.39, 0.29) is 6.03 Å². The molecule has 3 nitrogen and oxygen atoms in total. The monoisotopic (exact) mass is 326 g/mol. The van der Waals surface area contributed by atoms with Gasteiger partial charge in [0.15, 0.2) is 0 Å². The summed E-state index contributed by atoms with van der Waals surface area (Å²) < 4.78 is 0. The van der Waals surface area contributed by atoms with Crippen LogP contribution in [-0.2, 0) is 5.75 Å². The Labute approximate surface area is 136 Å². The number of carbonyl (C=O) groups excluding carboxylic acids is 1. The highest BCUT2D eigenvalue weighted by atomic mass is 35.5. The lowest BCUT2D eigenvalue weighted by molar-refractivity contribution is 0.233. The molecular formula is C16H23ClN2OS. The number of amides is 2. The Balaban J connectivity index is 1.53. The number of halogens is 1. The fraction of sp³-hybridized carbons (Fsp3) is 0.562. The average Bonchev–Trinajstić information content (AvgIpc) is 2.48. The number of nitrogens with one attached hydrogen (secondary N) is 2. The predicted molar refractivity (Wildman–Crippen MR) is 91.0 cm³/mol.